The minimum atomic E-state index is -3.23. The van der Waals surface area contributed by atoms with Gasteiger partial charge in [-0.15, -0.1) is 0 Å². The summed E-state index contributed by atoms with van der Waals surface area (Å²) in [6.07, 6.45) is 1.03. The summed E-state index contributed by atoms with van der Waals surface area (Å²) < 4.78 is 38.3. The Labute approximate surface area is 123 Å². The average Bonchev–Trinajstić information content (AvgIpc) is 2.48. The number of hydrogen-bond donors (Lipinski definition) is 1. The van der Waals surface area contributed by atoms with Gasteiger partial charge in [0, 0.05) is 19.4 Å². The molecule has 21 heavy (non-hydrogen) atoms. The van der Waals surface area contributed by atoms with Crippen molar-refractivity contribution in [3.8, 4) is 0 Å². The summed E-state index contributed by atoms with van der Waals surface area (Å²) >= 11 is 0. The molecule has 2 rings (SSSR count). The van der Waals surface area contributed by atoms with Crippen LogP contribution in [-0.2, 0) is 16.1 Å². The standard InChI is InChI=1S/C16H22F2O3/c17-15(18,16(19)10-4-5-12-21-16)9-6-11-20-13-14-7-2-1-3-8-14/h1-3,7-8,19H,4-6,9-13H2. The van der Waals surface area contributed by atoms with Crippen LogP contribution < -0.4 is 0 Å². The number of hydrogen-bond acceptors (Lipinski definition) is 3. The molecule has 5 heteroatoms. The number of halogens is 2. The Morgan fingerprint density at radius 3 is 2.67 bits per heavy atom. The van der Waals surface area contributed by atoms with Gasteiger partial charge in [0.05, 0.1) is 13.2 Å². The summed E-state index contributed by atoms with van der Waals surface area (Å²) in [6, 6.07) is 9.57. The molecule has 0 saturated carbocycles. The lowest BCUT2D eigenvalue weighted by Crippen LogP contribution is -2.52. The maximum Gasteiger partial charge on any atom is 0.300 e. The minimum Gasteiger partial charge on any atom is -0.377 e. The van der Waals surface area contributed by atoms with E-state index in [9.17, 15) is 13.9 Å². The van der Waals surface area contributed by atoms with Crippen LogP contribution in [-0.4, -0.2) is 30.0 Å². The van der Waals surface area contributed by atoms with Crippen LogP contribution in [0.2, 0.25) is 0 Å². The van der Waals surface area contributed by atoms with Crippen molar-refractivity contribution in [2.24, 2.45) is 0 Å². The van der Waals surface area contributed by atoms with Crippen molar-refractivity contribution in [3.63, 3.8) is 0 Å². The van der Waals surface area contributed by atoms with E-state index in [1.54, 1.807) is 0 Å². The molecular weight excluding hydrogens is 278 g/mol. The van der Waals surface area contributed by atoms with E-state index in [1.165, 1.54) is 0 Å². The predicted molar refractivity (Wildman–Crippen MR) is 75.0 cm³/mol. The monoisotopic (exact) mass is 300 g/mol. The lowest BCUT2D eigenvalue weighted by molar-refractivity contribution is -0.333. The molecule has 1 aliphatic heterocycles. The molecule has 0 aliphatic carbocycles. The molecule has 0 bridgehead atoms. The summed E-state index contributed by atoms with van der Waals surface area (Å²) in [6.45, 7) is 0.838. The first-order valence-electron chi connectivity index (χ1n) is 7.39. The third kappa shape index (κ3) is 4.46. The highest BCUT2D eigenvalue weighted by Crippen LogP contribution is 2.39. The van der Waals surface area contributed by atoms with Crippen molar-refractivity contribution in [3.05, 3.63) is 35.9 Å². The predicted octanol–water partition coefficient (Wildman–Crippen LogP) is 3.51. The molecule has 1 heterocycles. The highest BCUT2D eigenvalue weighted by Gasteiger charge is 2.53. The summed E-state index contributed by atoms with van der Waals surface area (Å²) in [7, 11) is 0. The Bertz CT molecular complexity index is 417. The third-order valence-electron chi connectivity index (χ3n) is 3.71. The third-order valence-corrected chi connectivity index (χ3v) is 3.71. The summed E-state index contributed by atoms with van der Waals surface area (Å²) in [4.78, 5) is 0. The van der Waals surface area contributed by atoms with Crippen LogP contribution in [0, 0.1) is 0 Å². The van der Waals surface area contributed by atoms with Gasteiger partial charge in [-0.25, -0.2) is 8.78 Å². The lowest BCUT2D eigenvalue weighted by atomic mass is 9.96. The second kappa shape index (κ2) is 7.29. The number of alkyl halides is 2. The van der Waals surface area contributed by atoms with E-state index in [0.717, 1.165) is 12.0 Å². The molecule has 1 atom stereocenters. The van der Waals surface area contributed by atoms with E-state index in [4.69, 9.17) is 9.47 Å². The van der Waals surface area contributed by atoms with Gasteiger partial charge in [0.1, 0.15) is 0 Å². The van der Waals surface area contributed by atoms with Gasteiger partial charge in [0.25, 0.3) is 0 Å². The summed E-state index contributed by atoms with van der Waals surface area (Å²) in [5.74, 6) is -5.53. The molecule has 1 unspecified atom stereocenters. The Kier molecular flexibility index (Phi) is 5.67. The van der Waals surface area contributed by atoms with E-state index in [-0.39, 0.29) is 26.1 Å². The molecule has 0 spiro atoms. The van der Waals surface area contributed by atoms with E-state index in [0.29, 0.717) is 13.0 Å². The number of aliphatic hydroxyl groups is 1. The van der Waals surface area contributed by atoms with Crippen molar-refractivity contribution in [2.45, 2.75) is 50.4 Å². The van der Waals surface area contributed by atoms with Crippen LogP contribution in [0.25, 0.3) is 0 Å². The van der Waals surface area contributed by atoms with Crippen LogP contribution in [0.1, 0.15) is 37.7 Å². The molecule has 1 fully saturated rings. The fourth-order valence-electron chi connectivity index (χ4n) is 2.42. The molecule has 0 amide bonds. The zero-order valence-corrected chi connectivity index (χ0v) is 12.1. The quantitative estimate of drug-likeness (QED) is 0.783. The van der Waals surface area contributed by atoms with E-state index in [2.05, 4.69) is 0 Å². The highest BCUT2D eigenvalue weighted by atomic mass is 19.3. The Balaban J connectivity index is 1.69. The highest BCUT2D eigenvalue weighted by molar-refractivity contribution is 5.13. The normalized spacial score (nSPS) is 23.2. The molecular formula is C16H22F2O3. The van der Waals surface area contributed by atoms with Gasteiger partial charge in [-0.2, -0.15) is 0 Å². The first-order valence-corrected chi connectivity index (χ1v) is 7.39. The maximum absolute atomic E-state index is 14.0. The Morgan fingerprint density at radius 2 is 2.00 bits per heavy atom. The van der Waals surface area contributed by atoms with Crippen molar-refractivity contribution >= 4 is 0 Å². The van der Waals surface area contributed by atoms with Gasteiger partial charge in [-0.1, -0.05) is 30.3 Å². The van der Waals surface area contributed by atoms with Gasteiger partial charge in [-0.3, -0.25) is 0 Å². The van der Waals surface area contributed by atoms with Crippen molar-refractivity contribution in [2.75, 3.05) is 13.2 Å². The second-order valence-electron chi connectivity index (χ2n) is 5.44. The van der Waals surface area contributed by atoms with Gasteiger partial charge < -0.3 is 14.6 Å². The molecule has 3 nitrogen and oxygen atoms in total. The van der Waals surface area contributed by atoms with Gasteiger partial charge in [0.2, 0.25) is 5.79 Å². The van der Waals surface area contributed by atoms with Crippen molar-refractivity contribution in [1.82, 2.24) is 0 Å². The number of rotatable bonds is 7. The van der Waals surface area contributed by atoms with Crippen LogP contribution in [0.5, 0.6) is 0 Å². The van der Waals surface area contributed by atoms with E-state index < -0.39 is 18.1 Å². The van der Waals surface area contributed by atoms with Gasteiger partial charge in [-0.05, 0) is 24.8 Å². The molecule has 1 aromatic rings. The number of benzene rings is 1. The van der Waals surface area contributed by atoms with Crippen LogP contribution in [0.3, 0.4) is 0 Å². The first-order chi connectivity index (χ1) is 10.0. The molecule has 1 aromatic carbocycles. The van der Waals surface area contributed by atoms with Crippen LogP contribution in [0.15, 0.2) is 30.3 Å². The SMILES string of the molecule is OC1(C(F)(F)CCCOCc2ccccc2)CCCCO1. The smallest absolute Gasteiger partial charge is 0.300 e. The molecule has 1 N–H and O–H groups in total. The first kappa shape index (κ1) is 16.3. The second-order valence-corrected chi connectivity index (χ2v) is 5.44. The summed E-state index contributed by atoms with van der Waals surface area (Å²) in [5, 5.41) is 9.92. The average molecular weight is 300 g/mol. The van der Waals surface area contributed by atoms with Crippen molar-refractivity contribution in [1.29, 1.82) is 0 Å². The summed E-state index contributed by atoms with van der Waals surface area (Å²) in [5.41, 5.74) is 1.01. The Morgan fingerprint density at radius 1 is 1.24 bits per heavy atom. The van der Waals surface area contributed by atoms with Crippen molar-refractivity contribution < 1.29 is 23.4 Å². The molecule has 1 saturated heterocycles. The minimum absolute atomic E-state index is 0.00906. The Hall–Kier alpha value is -1.04. The topological polar surface area (TPSA) is 38.7 Å². The zero-order chi connectivity index (χ0) is 15.2. The molecule has 0 radical (unpaired) electrons. The molecule has 0 aromatic heterocycles. The van der Waals surface area contributed by atoms with Gasteiger partial charge in [0.15, 0.2) is 0 Å². The zero-order valence-electron chi connectivity index (χ0n) is 12.1. The molecule has 118 valence electrons. The fourth-order valence-corrected chi connectivity index (χ4v) is 2.42. The van der Waals surface area contributed by atoms with Gasteiger partial charge >= 0.3 is 5.92 Å². The van der Waals surface area contributed by atoms with E-state index in [1.807, 2.05) is 30.3 Å². The van der Waals surface area contributed by atoms with Crippen LogP contribution in [0.4, 0.5) is 8.78 Å². The maximum atomic E-state index is 14.0. The lowest BCUT2D eigenvalue weighted by Gasteiger charge is -2.38. The largest absolute Gasteiger partial charge is 0.377 e. The van der Waals surface area contributed by atoms with E-state index >= 15 is 0 Å². The fraction of sp³-hybridized carbons (Fsp3) is 0.625. The number of ether oxygens (including phenoxy) is 2. The van der Waals surface area contributed by atoms with Crippen LogP contribution >= 0.6 is 0 Å². The molecule has 1 aliphatic rings.